The van der Waals surface area contributed by atoms with Crippen LogP contribution in [-0.2, 0) is 14.8 Å². The quantitative estimate of drug-likeness (QED) is 0.758. The molecule has 29 heavy (non-hydrogen) atoms. The van der Waals surface area contributed by atoms with Crippen LogP contribution < -0.4 is 10.0 Å². The zero-order chi connectivity index (χ0) is 21.0. The number of carbonyl (C=O) groups is 1. The van der Waals surface area contributed by atoms with E-state index in [0.29, 0.717) is 18.8 Å². The molecule has 1 fully saturated rings. The fourth-order valence-corrected chi connectivity index (χ4v) is 4.41. The normalized spacial score (nSPS) is 19.9. The lowest BCUT2D eigenvalue weighted by Gasteiger charge is -2.33. The van der Waals surface area contributed by atoms with Crippen molar-refractivity contribution < 1.29 is 17.9 Å². The summed E-state index contributed by atoms with van der Waals surface area (Å²) in [7, 11) is -1.76. The van der Waals surface area contributed by atoms with Crippen LogP contribution in [-0.4, -0.2) is 45.9 Å². The SMILES string of the molecule is CNC(=O)c1ccc(-c2ccc([C@@H]3CCOC[C@H]3NS(=O)(=O)C(C)C)cc2)cc1. The van der Waals surface area contributed by atoms with Gasteiger partial charge in [0.1, 0.15) is 0 Å². The van der Waals surface area contributed by atoms with Gasteiger partial charge in [0.25, 0.3) is 5.91 Å². The van der Waals surface area contributed by atoms with Crippen molar-refractivity contribution in [3.05, 3.63) is 59.7 Å². The number of carbonyl (C=O) groups excluding carboxylic acids is 1. The Hall–Kier alpha value is -2.22. The largest absolute Gasteiger partial charge is 0.380 e. The molecule has 2 N–H and O–H groups in total. The van der Waals surface area contributed by atoms with Crippen LogP contribution in [0.5, 0.6) is 0 Å². The summed E-state index contributed by atoms with van der Waals surface area (Å²) in [6.07, 6.45) is 0.769. The van der Waals surface area contributed by atoms with E-state index >= 15 is 0 Å². The second kappa shape index (κ2) is 9.07. The van der Waals surface area contributed by atoms with Gasteiger partial charge in [-0.2, -0.15) is 0 Å². The topological polar surface area (TPSA) is 84.5 Å². The van der Waals surface area contributed by atoms with Gasteiger partial charge in [-0.25, -0.2) is 13.1 Å². The number of amides is 1. The van der Waals surface area contributed by atoms with E-state index in [4.69, 9.17) is 4.74 Å². The van der Waals surface area contributed by atoms with Crippen molar-refractivity contribution in [1.82, 2.24) is 10.0 Å². The van der Waals surface area contributed by atoms with Crippen molar-refractivity contribution in [2.45, 2.75) is 37.5 Å². The maximum absolute atomic E-state index is 12.3. The molecule has 2 atom stereocenters. The smallest absolute Gasteiger partial charge is 0.251 e. The summed E-state index contributed by atoms with van der Waals surface area (Å²) < 4.78 is 33.0. The monoisotopic (exact) mass is 416 g/mol. The molecule has 156 valence electrons. The van der Waals surface area contributed by atoms with Crippen molar-refractivity contribution in [1.29, 1.82) is 0 Å². The molecule has 7 heteroatoms. The standard InChI is InChI=1S/C22H28N2O4S/c1-15(2)29(26,27)24-21-14-28-13-12-20(21)18-8-4-16(5-9-18)17-6-10-19(11-7-17)22(25)23-3/h4-11,15,20-21,24H,12-14H2,1-3H3,(H,23,25)/t20-,21+/m0/s1. The number of ether oxygens (including phenoxy) is 1. The highest BCUT2D eigenvalue weighted by molar-refractivity contribution is 7.90. The Morgan fingerprint density at radius 3 is 2.17 bits per heavy atom. The van der Waals surface area contributed by atoms with Crippen LogP contribution in [0.4, 0.5) is 0 Å². The van der Waals surface area contributed by atoms with Gasteiger partial charge in [0.15, 0.2) is 0 Å². The summed E-state index contributed by atoms with van der Waals surface area (Å²) in [6.45, 7) is 4.34. The molecule has 3 rings (SSSR count). The van der Waals surface area contributed by atoms with Gasteiger partial charge in [-0.3, -0.25) is 4.79 Å². The first-order chi connectivity index (χ1) is 13.8. The summed E-state index contributed by atoms with van der Waals surface area (Å²) in [6, 6.07) is 15.4. The molecule has 2 aromatic carbocycles. The molecule has 1 heterocycles. The summed E-state index contributed by atoms with van der Waals surface area (Å²) >= 11 is 0. The first-order valence-electron chi connectivity index (χ1n) is 9.83. The zero-order valence-corrected chi connectivity index (χ0v) is 17.8. The Morgan fingerprint density at radius 2 is 1.62 bits per heavy atom. The minimum absolute atomic E-state index is 0.0713. The van der Waals surface area contributed by atoms with E-state index in [0.717, 1.165) is 23.1 Å². The molecule has 1 amide bonds. The Bertz CT molecular complexity index is 938. The van der Waals surface area contributed by atoms with Gasteiger partial charge in [0.2, 0.25) is 10.0 Å². The third-order valence-electron chi connectivity index (χ3n) is 5.34. The average Bonchev–Trinajstić information content (AvgIpc) is 2.73. The molecule has 0 saturated carbocycles. The highest BCUT2D eigenvalue weighted by atomic mass is 32.2. The van der Waals surface area contributed by atoms with Crippen LogP contribution in [0.25, 0.3) is 11.1 Å². The predicted octanol–water partition coefficient (Wildman–Crippen LogP) is 2.91. The Labute approximate surface area is 172 Å². The Morgan fingerprint density at radius 1 is 1.03 bits per heavy atom. The number of sulfonamides is 1. The predicted molar refractivity (Wildman–Crippen MR) is 114 cm³/mol. The molecule has 2 aromatic rings. The van der Waals surface area contributed by atoms with Crippen molar-refractivity contribution >= 4 is 15.9 Å². The van der Waals surface area contributed by atoms with Crippen molar-refractivity contribution in [2.75, 3.05) is 20.3 Å². The molecule has 1 saturated heterocycles. The second-order valence-electron chi connectivity index (χ2n) is 7.57. The molecular formula is C22H28N2O4S. The number of hydrogen-bond acceptors (Lipinski definition) is 4. The van der Waals surface area contributed by atoms with Crippen molar-refractivity contribution in [3.63, 3.8) is 0 Å². The van der Waals surface area contributed by atoms with Crippen molar-refractivity contribution in [3.8, 4) is 11.1 Å². The molecule has 0 spiro atoms. The van der Waals surface area contributed by atoms with E-state index in [1.54, 1.807) is 33.0 Å². The molecule has 0 aliphatic carbocycles. The zero-order valence-electron chi connectivity index (χ0n) is 17.0. The van der Waals surface area contributed by atoms with Crippen molar-refractivity contribution in [2.24, 2.45) is 0 Å². The van der Waals surface area contributed by atoms with E-state index in [1.165, 1.54) is 0 Å². The molecule has 0 bridgehead atoms. The minimum atomic E-state index is -3.37. The number of nitrogens with one attached hydrogen (secondary N) is 2. The van der Waals surface area contributed by atoms with Gasteiger partial charge in [0, 0.05) is 25.1 Å². The highest BCUT2D eigenvalue weighted by Crippen LogP contribution is 2.30. The summed E-state index contributed by atoms with van der Waals surface area (Å²) in [4.78, 5) is 11.7. The Balaban J connectivity index is 1.78. The van der Waals surface area contributed by atoms with E-state index < -0.39 is 15.3 Å². The van der Waals surface area contributed by atoms with Crippen LogP contribution in [0.1, 0.15) is 42.1 Å². The maximum Gasteiger partial charge on any atom is 0.251 e. The summed E-state index contributed by atoms with van der Waals surface area (Å²) in [5, 5.41) is 2.13. The maximum atomic E-state index is 12.3. The lowest BCUT2D eigenvalue weighted by atomic mass is 9.87. The van der Waals surface area contributed by atoms with E-state index in [-0.39, 0.29) is 17.9 Å². The van der Waals surface area contributed by atoms with Crippen LogP contribution in [0.2, 0.25) is 0 Å². The third-order valence-corrected chi connectivity index (χ3v) is 7.21. The molecular weight excluding hydrogens is 388 g/mol. The van der Waals surface area contributed by atoms with Gasteiger partial charge in [-0.15, -0.1) is 0 Å². The van der Waals surface area contributed by atoms with Gasteiger partial charge >= 0.3 is 0 Å². The van der Waals surface area contributed by atoms with Crippen LogP contribution in [0.15, 0.2) is 48.5 Å². The van der Waals surface area contributed by atoms with Gasteiger partial charge in [-0.1, -0.05) is 36.4 Å². The molecule has 0 radical (unpaired) electrons. The molecule has 0 unspecified atom stereocenters. The van der Waals surface area contributed by atoms with E-state index in [1.807, 2.05) is 24.3 Å². The molecule has 6 nitrogen and oxygen atoms in total. The second-order valence-corrected chi connectivity index (χ2v) is 9.84. The summed E-state index contributed by atoms with van der Waals surface area (Å²) in [5.41, 5.74) is 3.78. The highest BCUT2D eigenvalue weighted by Gasteiger charge is 2.31. The van der Waals surface area contributed by atoms with Crippen LogP contribution in [0, 0.1) is 0 Å². The first kappa shape index (κ1) is 21.5. The molecule has 1 aliphatic heterocycles. The molecule has 1 aliphatic rings. The minimum Gasteiger partial charge on any atom is -0.380 e. The first-order valence-corrected chi connectivity index (χ1v) is 11.4. The van der Waals surface area contributed by atoms with Gasteiger partial charge in [0.05, 0.1) is 17.9 Å². The van der Waals surface area contributed by atoms with E-state index in [2.05, 4.69) is 22.2 Å². The van der Waals surface area contributed by atoms with Gasteiger partial charge < -0.3 is 10.1 Å². The van der Waals surface area contributed by atoms with Crippen LogP contribution >= 0.6 is 0 Å². The van der Waals surface area contributed by atoms with Gasteiger partial charge in [-0.05, 0) is 49.1 Å². The third kappa shape index (κ3) is 5.04. The number of hydrogen-bond donors (Lipinski definition) is 2. The lowest BCUT2D eigenvalue weighted by Crippen LogP contribution is -2.47. The lowest BCUT2D eigenvalue weighted by molar-refractivity contribution is 0.0644. The molecule has 0 aromatic heterocycles. The average molecular weight is 417 g/mol. The Kier molecular flexibility index (Phi) is 6.72. The van der Waals surface area contributed by atoms with E-state index in [9.17, 15) is 13.2 Å². The number of rotatable bonds is 6. The summed E-state index contributed by atoms with van der Waals surface area (Å²) in [5.74, 6) is -0.0386. The fourth-order valence-electron chi connectivity index (χ4n) is 3.48. The van der Waals surface area contributed by atoms with Crippen LogP contribution in [0.3, 0.4) is 0 Å². The number of benzene rings is 2. The fraction of sp³-hybridized carbons (Fsp3) is 0.409.